The van der Waals surface area contributed by atoms with E-state index in [1.165, 1.54) is 0 Å². The van der Waals surface area contributed by atoms with Crippen molar-refractivity contribution in [2.24, 2.45) is 0 Å². The van der Waals surface area contributed by atoms with E-state index in [-0.39, 0.29) is 0 Å². The maximum absolute atomic E-state index is 6.63. The lowest BCUT2D eigenvalue weighted by Gasteiger charge is -2.08. The smallest absolute Gasteiger partial charge is 0.181 e. The second-order valence-electron chi connectivity index (χ2n) is 11.7. The number of ether oxygens (including phenoxy) is 1. The summed E-state index contributed by atoms with van der Waals surface area (Å²) in [4.78, 5) is 40.7. The molecule has 2 aliphatic rings. The van der Waals surface area contributed by atoms with Crippen molar-refractivity contribution in [3.05, 3.63) is 121 Å². The van der Waals surface area contributed by atoms with Crippen LogP contribution in [0.4, 0.5) is 0 Å². The second-order valence-corrected chi connectivity index (χ2v) is 11.7. The topological polar surface area (TPSA) is 117 Å². The summed E-state index contributed by atoms with van der Waals surface area (Å²) in [6.07, 6.45) is 0. The van der Waals surface area contributed by atoms with Crippen LogP contribution in [-0.4, -0.2) is 46.7 Å². The molecule has 10 heteroatoms. The van der Waals surface area contributed by atoms with Crippen molar-refractivity contribution >= 4 is 44.1 Å². The zero-order chi connectivity index (χ0) is 32.5. The highest BCUT2D eigenvalue weighted by Gasteiger charge is 2.23. The van der Waals surface area contributed by atoms with Crippen molar-refractivity contribution in [3.63, 3.8) is 0 Å². The molecule has 0 saturated heterocycles. The van der Waals surface area contributed by atoms with Gasteiger partial charge in [0.2, 0.25) is 0 Å². The van der Waals surface area contributed by atoms with Crippen molar-refractivity contribution in [1.29, 1.82) is 0 Å². The molecule has 8 aromatic rings. The highest BCUT2D eigenvalue weighted by Crippen LogP contribution is 2.37. The number of aromatic nitrogens is 8. The molecule has 0 atom stereocenters. The lowest BCUT2D eigenvalue weighted by Crippen LogP contribution is -2.07. The van der Waals surface area contributed by atoms with E-state index in [2.05, 4.69) is 4.98 Å². The second kappa shape index (κ2) is 10.5. The van der Waals surface area contributed by atoms with Crippen LogP contribution in [0.1, 0.15) is 0 Å². The molecule has 3 aromatic heterocycles. The van der Waals surface area contributed by atoms with Crippen LogP contribution in [0, 0.1) is 0 Å². The van der Waals surface area contributed by atoms with Gasteiger partial charge in [-0.3, -0.25) is 0 Å². The molecular formula is C39H24N8O2. The monoisotopic (exact) mass is 636 g/mol. The lowest BCUT2D eigenvalue weighted by atomic mass is 10.1. The number of aromatic amines is 1. The fourth-order valence-electron chi connectivity index (χ4n) is 6.49. The SMILES string of the molecule is COc1ccc(On2c3nc4nc(nc5[nH]c(nc6nc(nc2c2ccccc23)-c2ccccc2-6)c2ccccc52)-c2ccccc2-4)cc1. The molecule has 0 radical (unpaired) electrons. The molecule has 10 nitrogen and oxygen atoms in total. The standard InChI is InChI=1S/C39H24N8O2/c1-48-22-18-20-23(21-19-22)49-47-38-30-16-8-9-17-31(30)39(47)46-37-29-15-7-5-13-27(29)35(44-37)42-33-25-11-3-2-10-24(25)32(40-33)41-34-26-12-4-6-14-28(26)36(43-34)45-38/h2-21H,1H3,(H,40,41,42,43,44,45,46). The normalized spacial score (nSPS) is 11.8. The summed E-state index contributed by atoms with van der Waals surface area (Å²) in [7, 11) is 1.63. The number of hydrogen-bond donors (Lipinski definition) is 1. The predicted octanol–water partition coefficient (Wildman–Crippen LogP) is 8.19. The van der Waals surface area contributed by atoms with E-state index in [9.17, 15) is 0 Å². The Hall–Kier alpha value is -6.94. The molecule has 0 aliphatic carbocycles. The highest BCUT2D eigenvalue weighted by molar-refractivity contribution is 6.06. The quantitative estimate of drug-likeness (QED) is 0.206. The third-order valence-corrected chi connectivity index (χ3v) is 8.82. The van der Waals surface area contributed by atoms with Crippen LogP contribution in [0.3, 0.4) is 0 Å². The summed E-state index contributed by atoms with van der Waals surface area (Å²) < 4.78 is 7.05. The number of nitrogens with one attached hydrogen (secondary N) is 1. The summed E-state index contributed by atoms with van der Waals surface area (Å²) >= 11 is 0. The van der Waals surface area contributed by atoms with Crippen molar-refractivity contribution in [3.8, 4) is 57.1 Å². The Labute approximate surface area is 278 Å². The molecule has 1 N–H and O–H groups in total. The van der Waals surface area contributed by atoms with Gasteiger partial charge >= 0.3 is 0 Å². The Morgan fingerprint density at radius 3 is 1.27 bits per heavy atom. The maximum Gasteiger partial charge on any atom is 0.181 e. The van der Waals surface area contributed by atoms with E-state index in [1.807, 2.05) is 121 Å². The third kappa shape index (κ3) is 4.27. The Morgan fingerprint density at radius 1 is 0.429 bits per heavy atom. The lowest BCUT2D eigenvalue weighted by molar-refractivity contribution is 0.237. The van der Waals surface area contributed by atoms with E-state index < -0.39 is 0 Å². The molecule has 0 saturated carbocycles. The first kappa shape index (κ1) is 27.2. The van der Waals surface area contributed by atoms with Crippen LogP contribution < -0.4 is 9.57 Å². The van der Waals surface area contributed by atoms with E-state index in [4.69, 9.17) is 39.5 Å². The van der Waals surface area contributed by atoms with E-state index in [0.717, 1.165) is 49.5 Å². The largest absolute Gasteiger partial charge is 0.497 e. The molecule has 10 rings (SSSR count). The number of methoxy groups -OCH3 is 1. The van der Waals surface area contributed by atoms with Crippen LogP contribution in [0.25, 0.3) is 89.7 Å². The number of rotatable bonds is 3. The summed E-state index contributed by atoms with van der Waals surface area (Å²) in [5.74, 6) is 3.40. The van der Waals surface area contributed by atoms with E-state index in [1.54, 1.807) is 11.8 Å². The van der Waals surface area contributed by atoms with Gasteiger partial charge in [-0.05, 0) is 24.3 Å². The number of nitrogens with zero attached hydrogens (tertiary/aromatic N) is 7. The van der Waals surface area contributed by atoms with Crippen molar-refractivity contribution in [2.45, 2.75) is 0 Å². The Kier molecular flexibility index (Phi) is 5.85. The first-order chi connectivity index (χ1) is 24.2. The number of hydrogen-bond acceptors (Lipinski definition) is 8. The Morgan fingerprint density at radius 2 is 0.816 bits per heavy atom. The molecule has 2 aliphatic heterocycles. The van der Waals surface area contributed by atoms with Crippen LogP contribution in [0.15, 0.2) is 121 Å². The fraction of sp³-hybridized carbons (Fsp3) is 0.0256. The van der Waals surface area contributed by atoms with Gasteiger partial charge in [-0.25, -0.2) is 29.9 Å². The summed E-state index contributed by atoms with van der Waals surface area (Å²) in [6, 6.07) is 39.4. The minimum atomic E-state index is 0.510. The summed E-state index contributed by atoms with van der Waals surface area (Å²) in [6.45, 7) is 0. The zero-order valence-electron chi connectivity index (χ0n) is 26.0. The maximum atomic E-state index is 6.63. The number of benzene rings is 5. The van der Waals surface area contributed by atoms with E-state index in [0.29, 0.717) is 51.6 Å². The molecule has 0 spiro atoms. The predicted molar refractivity (Wildman–Crippen MR) is 189 cm³/mol. The fourth-order valence-corrected chi connectivity index (χ4v) is 6.49. The van der Waals surface area contributed by atoms with Gasteiger partial charge in [0, 0.05) is 43.8 Å². The highest BCUT2D eigenvalue weighted by atomic mass is 16.7. The van der Waals surface area contributed by atoms with Gasteiger partial charge in [-0.15, -0.1) is 4.73 Å². The molecule has 49 heavy (non-hydrogen) atoms. The van der Waals surface area contributed by atoms with Crippen LogP contribution >= 0.6 is 0 Å². The number of fused-ring (bicyclic) bond motifs is 20. The molecule has 0 fully saturated rings. The number of H-pyrrole nitrogens is 1. The van der Waals surface area contributed by atoms with Crippen molar-refractivity contribution < 1.29 is 9.57 Å². The van der Waals surface area contributed by atoms with Crippen molar-refractivity contribution in [2.75, 3.05) is 7.11 Å². The Bertz CT molecular complexity index is 2640. The average Bonchev–Trinajstić information content (AvgIpc) is 3.87. The van der Waals surface area contributed by atoms with Gasteiger partial charge in [-0.2, -0.15) is 0 Å². The molecule has 0 unspecified atom stereocenters. The van der Waals surface area contributed by atoms with Gasteiger partial charge in [0.25, 0.3) is 0 Å². The average molecular weight is 637 g/mol. The Balaban J connectivity index is 1.40. The van der Waals surface area contributed by atoms with E-state index >= 15 is 0 Å². The van der Waals surface area contributed by atoms with Crippen LogP contribution in [-0.2, 0) is 0 Å². The molecular weight excluding hydrogens is 612 g/mol. The molecule has 5 aromatic carbocycles. The van der Waals surface area contributed by atoms with Gasteiger partial charge in [0.1, 0.15) is 17.0 Å². The van der Waals surface area contributed by atoms with Crippen LogP contribution in [0.2, 0.25) is 0 Å². The summed E-state index contributed by atoms with van der Waals surface area (Å²) in [5, 5.41) is 3.53. The minimum absolute atomic E-state index is 0.510. The molecule has 232 valence electrons. The van der Waals surface area contributed by atoms with Crippen LogP contribution in [0.5, 0.6) is 11.5 Å². The zero-order valence-corrected chi connectivity index (χ0v) is 26.0. The molecule has 5 heterocycles. The third-order valence-electron chi connectivity index (χ3n) is 8.82. The molecule has 8 bridgehead atoms. The molecule has 0 amide bonds. The van der Waals surface area contributed by atoms with Gasteiger partial charge in [0.05, 0.1) is 7.11 Å². The van der Waals surface area contributed by atoms with Crippen molar-refractivity contribution in [1.82, 2.24) is 39.6 Å². The minimum Gasteiger partial charge on any atom is -0.497 e. The van der Waals surface area contributed by atoms with Gasteiger partial charge in [0.15, 0.2) is 40.3 Å². The van der Waals surface area contributed by atoms with Gasteiger partial charge in [-0.1, -0.05) is 97.1 Å². The first-order valence-corrected chi connectivity index (χ1v) is 15.8. The van der Waals surface area contributed by atoms with Gasteiger partial charge < -0.3 is 14.6 Å². The first-order valence-electron chi connectivity index (χ1n) is 15.8. The summed E-state index contributed by atoms with van der Waals surface area (Å²) in [5.41, 5.74) is 5.82.